The summed E-state index contributed by atoms with van der Waals surface area (Å²) >= 11 is 6.44. The molecule has 3 rings (SSSR count). The number of nitrogens with two attached hydrogens (primary N) is 1. The minimum absolute atomic E-state index is 0.320. The van der Waals surface area contributed by atoms with E-state index in [1.807, 2.05) is 43.3 Å². The van der Waals surface area contributed by atoms with E-state index in [-0.39, 0.29) is 5.91 Å². The Kier molecular flexibility index (Phi) is 8.35. The molecule has 3 aromatic rings. The fourth-order valence-corrected chi connectivity index (χ4v) is 3.96. The topological polar surface area (TPSA) is 88.2 Å². The van der Waals surface area contributed by atoms with Gasteiger partial charge in [-0.3, -0.25) is 9.63 Å². The number of amides is 1. The fourth-order valence-electron chi connectivity index (χ4n) is 3.67. The molecule has 34 heavy (non-hydrogen) atoms. The van der Waals surface area contributed by atoms with Crippen molar-refractivity contribution in [1.29, 1.82) is 5.41 Å². The Bertz CT molecular complexity index is 1270. The summed E-state index contributed by atoms with van der Waals surface area (Å²) in [5, 5.41) is 8.03. The quantitative estimate of drug-likeness (QED) is 0.120. The Morgan fingerprint density at radius 3 is 2.44 bits per heavy atom. The summed E-state index contributed by atoms with van der Waals surface area (Å²) in [6.07, 6.45) is 4.90. The predicted molar refractivity (Wildman–Crippen MR) is 137 cm³/mol. The zero-order chi connectivity index (χ0) is 24.7. The van der Waals surface area contributed by atoms with Gasteiger partial charge in [-0.1, -0.05) is 54.9 Å². The van der Waals surface area contributed by atoms with Crippen LogP contribution >= 0.6 is 11.6 Å². The number of hydroxylamine groups is 1. The van der Waals surface area contributed by atoms with Gasteiger partial charge in [0.1, 0.15) is 5.82 Å². The number of benzene rings is 3. The first-order valence-corrected chi connectivity index (χ1v) is 11.0. The van der Waals surface area contributed by atoms with Crippen molar-refractivity contribution in [3.8, 4) is 0 Å². The lowest BCUT2D eigenvalue weighted by molar-refractivity contribution is -0.126. The van der Waals surface area contributed by atoms with Crippen LogP contribution in [0.4, 0.5) is 10.1 Å². The summed E-state index contributed by atoms with van der Waals surface area (Å²) in [5.41, 5.74) is 14.5. The summed E-state index contributed by atoms with van der Waals surface area (Å²) in [6, 6.07) is 17.5. The van der Waals surface area contributed by atoms with Crippen molar-refractivity contribution in [2.75, 3.05) is 12.8 Å². The van der Waals surface area contributed by atoms with Crippen LogP contribution in [0.2, 0.25) is 5.02 Å². The zero-order valence-corrected chi connectivity index (χ0v) is 19.6. The monoisotopic (exact) mass is 477 g/mol. The maximum atomic E-state index is 13.7. The number of rotatable bonds is 8. The number of allylic oxidation sites excluding steroid dienone is 1. The third kappa shape index (κ3) is 5.78. The van der Waals surface area contributed by atoms with E-state index in [0.29, 0.717) is 22.7 Å². The normalized spacial score (nSPS) is 11.9. The van der Waals surface area contributed by atoms with Crippen molar-refractivity contribution < 1.29 is 14.0 Å². The molecule has 3 aromatic carbocycles. The largest absolute Gasteiger partial charge is 0.398 e. The third-order valence-corrected chi connectivity index (χ3v) is 5.58. The molecular formula is C27H25ClFN3O2. The Morgan fingerprint density at radius 1 is 1.12 bits per heavy atom. The number of carbonyl (C=O) groups is 1. The van der Waals surface area contributed by atoms with Crippen molar-refractivity contribution in [2.45, 2.75) is 13.3 Å². The molecule has 0 unspecified atom stereocenters. The maximum Gasteiger partial charge on any atom is 0.267 e. The fraction of sp³-hybridized carbons (Fsp3) is 0.111. The van der Waals surface area contributed by atoms with Gasteiger partial charge in [-0.15, -0.1) is 0 Å². The lowest BCUT2D eigenvalue weighted by Crippen LogP contribution is -2.18. The summed E-state index contributed by atoms with van der Waals surface area (Å²) in [7, 11) is 1.37. The maximum absolute atomic E-state index is 13.7. The van der Waals surface area contributed by atoms with Gasteiger partial charge in [-0.25, -0.2) is 9.87 Å². The molecular weight excluding hydrogens is 453 g/mol. The predicted octanol–water partition coefficient (Wildman–Crippen LogP) is 6.12. The zero-order valence-electron chi connectivity index (χ0n) is 18.9. The minimum Gasteiger partial charge on any atom is -0.398 e. The molecule has 0 atom stereocenters. The van der Waals surface area contributed by atoms with Gasteiger partial charge >= 0.3 is 0 Å². The molecule has 0 aromatic heterocycles. The van der Waals surface area contributed by atoms with Crippen molar-refractivity contribution in [3.05, 3.63) is 105 Å². The highest BCUT2D eigenvalue weighted by molar-refractivity contribution is 6.32. The second-order valence-corrected chi connectivity index (χ2v) is 7.85. The Balaban J connectivity index is 2.19. The van der Waals surface area contributed by atoms with Gasteiger partial charge in [0.15, 0.2) is 0 Å². The molecule has 1 amide bonds. The molecule has 4 N–H and O–H groups in total. The molecule has 0 aliphatic rings. The van der Waals surface area contributed by atoms with Crippen molar-refractivity contribution in [2.24, 2.45) is 0 Å². The van der Waals surface area contributed by atoms with Crippen LogP contribution in [0.1, 0.15) is 41.2 Å². The van der Waals surface area contributed by atoms with Gasteiger partial charge in [0, 0.05) is 23.5 Å². The molecule has 0 bridgehead atoms. The van der Waals surface area contributed by atoms with Crippen molar-refractivity contribution >= 4 is 46.6 Å². The summed E-state index contributed by atoms with van der Waals surface area (Å²) < 4.78 is 13.7. The Labute approximate surface area is 203 Å². The molecule has 0 heterocycles. The molecule has 0 saturated heterocycles. The number of carbonyl (C=O) groups excluding carboxylic acids is 1. The van der Waals surface area contributed by atoms with Crippen LogP contribution in [-0.2, 0) is 9.63 Å². The van der Waals surface area contributed by atoms with E-state index in [9.17, 15) is 9.18 Å². The number of nitrogen functional groups attached to an aromatic ring is 1. The van der Waals surface area contributed by atoms with Crippen molar-refractivity contribution in [3.63, 3.8) is 0 Å². The molecule has 0 radical (unpaired) electrons. The second-order valence-electron chi connectivity index (χ2n) is 7.45. The summed E-state index contributed by atoms with van der Waals surface area (Å²) in [6.45, 7) is 2.01. The van der Waals surface area contributed by atoms with Crippen molar-refractivity contribution in [1.82, 2.24) is 5.48 Å². The average molecular weight is 478 g/mol. The van der Waals surface area contributed by atoms with E-state index < -0.39 is 5.82 Å². The van der Waals surface area contributed by atoms with E-state index >= 15 is 0 Å². The molecule has 0 aliphatic carbocycles. The van der Waals surface area contributed by atoms with Crippen LogP contribution in [-0.4, -0.2) is 19.2 Å². The van der Waals surface area contributed by atoms with Crippen LogP contribution in [0, 0.1) is 11.2 Å². The van der Waals surface area contributed by atoms with Gasteiger partial charge in [-0.05, 0) is 70.2 Å². The number of nitrogens with one attached hydrogen (secondary N) is 2. The van der Waals surface area contributed by atoms with E-state index in [4.69, 9.17) is 22.7 Å². The molecule has 0 saturated carbocycles. The average Bonchev–Trinajstić information content (AvgIpc) is 2.83. The lowest BCUT2D eigenvalue weighted by atomic mass is 9.87. The van der Waals surface area contributed by atoms with Gasteiger partial charge < -0.3 is 11.1 Å². The van der Waals surface area contributed by atoms with Crippen LogP contribution < -0.4 is 11.2 Å². The molecule has 0 spiro atoms. The highest BCUT2D eigenvalue weighted by Gasteiger charge is 2.16. The smallest absolute Gasteiger partial charge is 0.267 e. The molecule has 7 heteroatoms. The van der Waals surface area contributed by atoms with Gasteiger partial charge in [0.25, 0.3) is 5.91 Å². The van der Waals surface area contributed by atoms with E-state index in [0.717, 1.165) is 33.4 Å². The minimum atomic E-state index is -0.405. The number of hydrogen-bond acceptors (Lipinski definition) is 4. The first-order chi connectivity index (χ1) is 16.4. The summed E-state index contributed by atoms with van der Waals surface area (Å²) in [4.78, 5) is 16.2. The first kappa shape index (κ1) is 24.9. The van der Waals surface area contributed by atoms with E-state index in [1.54, 1.807) is 18.2 Å². The highest BCUT2D eigenvalue weighted by Crippen LogP contribution is 2.38. The molecule has 0 aliphatic heterocycles. The number of hydrogen-bond donors (Lipinski definition) is 3. The van der Waals surface area contributed by atoms with Gasteiger partial charge in [0.05, 0.1) is 12.1 Å². The molecule has 5 nitrogen and oxygen atoms in total. The van der Waals surface area contributed by atoms with Crippen LogP contribution in [0.25, 0.3) is 17.2 Å². The number of anilines is 1. The van der Waals surface area contributed by atoms with Crippen LogP contribution in [0.15, 0.2) is 66.7 Å². The third-order valence-electron chi connectivity index (χ3n) is 5.27. The van der Waals surface area contributed by atoms with Gasteiger partial charge in [0.2, 0.25) is 0 Å². The number of halogens is 2. The SMILES string of the molecule is CC/C(=C(/c1ccc(/C=C/C(=O)NOC)cc1)c1ccc(N)c(C=N)c1)c1ccc(F)cc1Cl. The first-order valence-electron chi connectivity index (χ1n) is 10.6. The summed E-state index contributed by atoms with van der Waals surface area (Å²) in [5.74, 6) is -0.773. The van der Waals surface area contributed by atoms with Crippen LogP contribution in [0.5, 0.6) is 0 Å². The Hall–Kier alpha value is -3.74. The van der Waals surface area contributed by atoms with E-state index in [2.05, 4.69) is 10.3 Å². The molecule has 174 valence electrons. The Morgan fingerprint density at radius 2 is 1.82 bits per heavy atom. The van der Waals surface area contributed by atoms with Gasteiger partial charge in [-0.2, -0.15) is 0 Å². The highest BCUT2D eigenvalue weighted by atomic mass is 35.5. The lowest BCUT2D eigenvalue weighted by Gasteiger charge is -2.18. The second kappa shape index (κ2) is 11.4. The van der Waals surface area contributed by atoms with E-state index in [1.165, 1.54) is 31.5 Å². The molecule has 0 fully saturated rings. The van der Waals surface area contributed by atoms with Crippen LogP contribution in [0.3, 0.4) is 0 Å². The standard InChI is InChI=1S/C27H25ClFN3O2/c1-3-22(23-11-10-21(29)15-24(23)28)27(19-9-12-25(31)20(14-19)16-30)18-7-4-17(5-8-18)6-13-26(33)32-34-2/h4-16,30H,3,31H2,1-2H3,(H,32,33)/b13-6+,27-22+,30-16?.